The van der Waals surface area contributed by atoms with Crippen molar-refractivity contribution in [2.75, 3.05) is 18.0 Å². The molecule has 1 saturated carbocycles. The van der Waals surface area contributed by atoms with Crippen LogP contribution in [-0.2, 0) is 6.54 Å². The van der Waals surface area contributed by atoms with E-state index in [2.05, 4.69) is 28.4 Å². The van der Waals surface area contributed by atoms with E-state index >= 15 is 0 Å². The smallest absolute Gasteiger partial charge is 0.0954 e. The van der Waals surface area contributed by atoms with Gasteiger partial charge in [0.25, 0.3) is 0 Å². The van der Waals surface area contributed by atoms with Crippen molar-refractivity contribution in [3.63, 3.8) is 0 Å². The molecule has 1 aromatic rings. The summed E-state index contributed by atoms with van der Waals surface area (Å²) < 4.78 is 0. The predicted octanol–water partition coefficient (Wildman–Crippen LogP) is 1.53. The SMILES string of the molecule is N[C@@]12CCCC1c1cccc3c1N2CCNC3. The lowest BCUT2D eigenvalue weighted by atomic mass is 9.92. The van der Waals surface area contributed by atoms with Crippen molar-refractivity contribution in [1.29, 1.82) is 0 Å². The molecule has 17 heavy (non-hydrogen) atoms. The average Bonchev–Trinajstić information content (AvgIpc) is 2.70. The monoisotopic (exact) mass is 229 g/mol. The highest BCUT2D eigenvalue weighted by atomic mass is 15.3. The van der Waals surface area contributed by atoms with Gasteiger partial charge in [-0.3, -0.25) is 0 Å². The summed E-state index contributed by atoms with van der Waals surface area (Å²) in [5, 5.41) is 3.49. The summed E-state index contributed by atoms with van der Waals surface area (Å²) in [5.41, 5.74) is 11.0. The van der Waals surface area contributed by atoms with E-state index in [1.807, 2.05) is 0 Å². The van der Waals surface area contributed by atoms with Gasteiger partial charge in [0, 0.05) is 31.2 Å². The molecule has 0 aromatic heterocycles. The number of hydrogen-bond acceptors (Lipinski definition) is 3. The fraction of sp³-hybridized carbons (Fsp3) is 0.571. The largest absolute Gasteiger partial charge is 0.351 e. The first-order chi connectivity index (χ1) is 8.31. The van der Waals surface area contributed by atoms with Crippen molar-refractivity contribution in [1.82, 2.24) is 5.32 Å². The highest BCUT2D eigenvalue weighted by Crippen LogP contribution is 2.54. The lowest BCUT2D eigenvalue weighted by Gasteiger charge is -2.36. The van der Waals surface area contributed by atoms with Crippen molar-refractivity contribution in [3.05, 3.63) is 29.3 Å². The molecule has 1 aliphatic carbocycles. The Morgan fingerprint density at radius 3 is 3.29 bits per heavy atom. The summed E-state index contributed by atoms with van der Waals surface area (Å²) in [4.78, 5) is 2.50. The molecule has 4 rings (SSSR count). The number of nitrogens with zero attached hydrogens (tertiary/aromatic N) is 1. The Hall–Kier alpha value is -1.06. The van der Waals surface area contributed by atoms with Gasteiger partial charge in [-0.25, -0.2) is 0 Å². The second kappa shape index (κ2) is 3.24. The third-order valence-corrected chi connectivity index (χ3v) is 4.80. The number of nitrogens with two attached hydrogens (primary N) is 1. The van der Waals surface area contributed by atoms with Crippen LogP contribution in [0.4, 0.5) is 5.69 Å². The van der Waals surface area contributed by atoms with Gasteiger partial charge in [0.05, 0.1) is 5.66 Å². The first-order valence-corrected chi connectivity index (χ1v) is 6.70. The summed E-state index contributed by atoms with van der Waals surface area (Å²) in [6.45, 7) is 3.08. The summed E-state index contributed by atoms with van der Waals surface area (Å²) >= 11 is 0. The van der Waals surface area contributed by atoms with Crippen LogP contribution in [0.25, 0.3) is 0 Å². The molecule has 0 spiro atoms. The maximum absolute atomic E-state index is 6.74. The normalized spacial score (nSPS) is 34.4. The van der Waals surface area contributed by atoms with Gasteiger partial charge < -0.3 is 16.0 Å². The van der Waals surface area contributed by atoms with E-state index in [0.29, 0.717) is 5.92 Å². The van der Waals surface area contributed by atoms with E-state index in [4.69, 9.17) is 5.73 Å². The van der Waals surface area contributed by atoms with E-state index in [0.717, 1.165) is 26.1 Å². The molecule has 2 heterocycles. The fourth-order valence-corrected chi connectivity index (χ4v) is 4.07. The predicted molar refractivity (Wildman–Crippen MR) is 69.0 cm³/mol. The Balaban J connectivity index is 1.96. The van der Waals surface area contributed by atoms with Gasteiger partial charge in [0.15, 0.2) is 0 Å². The molecular formula is C14H19N3. The van der Waals surface area contributed by atoms with Gasteiger partial charge in [-0.05, 0) is 30.4 Å². The van der Waals surface area contributed by atoms with Crippen LogP contribution in [-0.4, -0.2) is 18.8 Å². The molecule has 0 amide bonds. The second-order valence-electron chi connectivity index (χ2n) is 5.62. The molecule has 2 atom stereocenters. The molecular weight excluding hydrogens is 210 g/mol. The van der Waals surface area contributed by atoms with E-state index in [9.17, 15) is 0 Å². The summed E-state index contributed by atoms with van der Waals surface area (Å²) in [6, 6.07) is 6.74. The zero-order valence-electron chi connectivity index (χ0n) is 10.1. The lowest BCUT2D eigenvalue weighted by molar-refractivity contribution is 0.394. The molecule has 90 valence electrons. The van der Waals surface area contributed by atoms with Gasteiger partial charge in [-0.15, -0.1) is 0 Å². The van der Waals surface area contributed by atoms with Gasteiger partial charge in [-0.1, -0.05) is 18.2 Å². The summed E-state index contributed by atoms with van der Waals surface area (Å²) in [7, 11) is 0. The standard InChI is InChI=1S/C14H19N3/c15-14-6-2-5-12(14)11-4-1-3-10-9-16-7-8-17(14)13(10)11/h1,3-4,12,16H,2,5-9,15H2/t12?,14-/m1/s1. The highest BCUT2D eigenvalue weighted by molar-refractivity contribution is 5.69. The van der Waals surface area contributed by atoms with Crippen LogP contribution in [0.3, 0.4) is 0 Å². The molecule has 3 N–H and O–H groups in total. The molecule has 3 nitrogen and oxygen atoms in total. The molecule has 0 radical (unpaired) electrons. The number of rotatable bonds is 0. The number of benzene rings is 1. The third-order valence-electron chi connectivity index (χ3n) is 4.80. The van der Waals surface area contributed by atoms with Crippen molar-refractivity contribution in [2.45, 2.75) is 37.4 Å². The molecule has 3 heteroatoms. The zero-order valence-corrected chi connectivity index (χ0v) is 10.1. The maximum atomic E-state index is 6.74. The van der Waals surface area contributed by atoms with E-state index in [-0.39, 0.29) is 5.66 Å². The van der Waals surface area contributed by atoms with Crippen LogP contribution in [0.5, 0.6) is 0 Å². The van der Waals surface area contributed by atoms with E-state index < -0.39 is 0 Å². The molecule has 0 saturated heterocycles. The molecule has 0 bridgehead atoms. The van der Waals surface area contributed by atoms with Gasteiger partial charge >= 0.3 is 0 Å². The number of hydrogen-bond donors (Lipinski definition) is 2. The van der Waals surface area contributed by atoms with Crippen molar-refractivity contribution in [2.24, 2.45) is 5.73 Å². The highest BCUT2D eigenvalue weighted by Gasteiger charge is 2.52. The summed E-state index contributed by atoms with van der Waals surface area (Å²) in [6.07, 6.45) is 3.68. The minimum absolute atomic E-state index is 0.0928. The Kier molecular flexibility index (Phi) is 1.89. The summed E-state index contributed by atoms with van der Waals surface area (Å²) in [5.74, 6) is 0.565. The first kappa shape index (κ1) is 9.92. The van der Waals surface area contributed by atoms with Crippen molar-refractivity contribution in [3.8, 4) is 0 Å². The number of nitrogens with one attached hydrogen (secondary N) is 1. The van der Waals surface area contributed by atoms with Crippen LogP contribution in [0, 0.1) is 0 Å². The Labute approximate surface area is 102 Å². The van der Waals surface area contributed by atoms with Crippen LogP contribution in [0.15, 0.2) is 18.2 Å². The molecule has 1 fully saturated rings. The molecule has 1 aromatic carbocycles. The van der Waals surface area contributed by atoms with Gasteiger partial charge in [-0.2, -0.15) is 0 Å². The van der Waals surface area contributed by atoms with Crippen molar-refractivity contribution < 1.29 is 0 Å². The fourth-order valence-electron chi connectivity index (χ4n) is 4.07. The number of fused-ring (bicyclic) bond motifs is 3. The maximum Gasteiger partial charge on any atom is 0.0954 e. The Morgan fingerprint density at radius 1 is 1.41 bits per heavy atom. The van der Waals surface area contributed by atoms with Crippen LogP contribution < -0.4 is 16.0 Å². The van der Waals surface area contributed by atoms with Crippen LogP contribution in [0.1, 0.15) is 36.3 Å². The van der Waals surface area contributed by atoms with Crippen LogP contribution in [0.2, 0.25) is 0 Å². The van der Waals surface area contributed by atoms with Gasteiger partial charge in [0.1, 0.15) is 0 Å². The Morgan fingerprint density at radius 2 is 2.35 bits per heavy atom. The molecule has 3 aliphatic rings. The average molecular weight is 229 g/mol. The van der Waals surface area contributed by atoms with Gasteiger partial charge in [0.2, 0.25) is 0 Å². The topological polar surface area (TPSA) is 41.3 Å². The number of anilines is 1. The van der Waals surface area contributed by atoms with Crippen LogP contribution >= 0.6 is 0 Å². The van der Waals surface area contributed by atoms with E-state index in [1.165, 1.54) is 29.7 Å². The minimum Gasteiger partial charge on any atom is -0.351 e. The zero-order chi connectivity index (χ0) is 11.5. The molecule has 2 aliphatic heterocycles. The van der Waals surface area contributed by atoms with Crippen molar-refractivity contribution >= 4 is 5.69 Å². The number of para-hydroxylation sites is 1. The van der Waals surface area contributed by atoms with E-state index in [1.54, 1.807) is 0 Å². The lowest BCUT2D eigenvalue weighted by Crippen LogP contribution is -2.55. The minimum atomic E-state index is -0.0928. The molecule has 1 unspecified atom stereocenters. The third kappa shape index (κ3) is 1.14. The quantitative estimate of drug-likeness (QED) is 0.709. The second-order valence-corrected chi connectivity index (χ2v) is 5.62. The first-order valence-electron chi connectivity index (χ1n) is 6.70. The Bertz CT molecular complexity index is 471.